The first-order valence-corrected chi connectivity index (χ1v) is 5.09. The molecule has 0 fully saturated rings. The first-order valence-electron chi connectivity index (χ1n) is 5.09. The number of benzene rings is 1. The van der Waals surface area contributed by atoms with Crippen LogP contribution >= 0.6 is 0 Å². The van der Waals surface area contributed by atoms with Crippen LogP contribution in [0.3, 0.4) is 0 Å². The van der Waals surface area contributed by atoms with Crippen molar-refractivity contribution in [2.75, 3.05) is 6.61 Å². The van der Waals surface area contributed by atoms with Gasteiger partial charge in [0.15, 0.2) is 0 Å². The number of hydrogen-bond donors (Lipinski definition) is 0. The summed E-state index contributed by atoms with van der Waals surface area (Å²) in [6.07, 6.45) is 1.66. The number of rotatable bonds is 3. The Morgan fingerprint density at radius 1 is 1.44 bits per heavy atom. The number of nitrogens with zero attached hydrogens (tertiary/aromatic N) is 1. The Hall–Kier alpha value is -2.08. The van der Waals surface area contributed by atoms with E-state index in [1.807, 2.05) is 30.3 Å². The highest BCUT2D eigenvalue weighted by Crippen LogP contribution is 2.46. The van der Waals surface area contributed by atoms with Crippen molar-refractivity contribution in [1.29, 1.82) is 0 Å². The molecule has 1 aliphatic carbocycles. The standard InChI is InChI=1S/C13H11NO2/c1-3-16-12(15)13(14-2)9-11(13)10-7-5-4-6-8-10/h4-9H,3H2,1H3/t13-/m0/s1. The molecule has 16 heavy (non-hydrogen) atoms. The lowest BCUT2D eigenvalue weighted by atomic mass is 10.1. The lowest BCUT2D eigenvalue weighted by Crippen LogP contribution is -2.25. The SMILES string of the molecule is [C-]#[N+][C@@]1(C(=O)OCC)C=C1c1ccccc1. The molecule has 0 heterocycles. The Labute approximate surface area is 94.2 Å². The number of hydrogen-bond acceptors (Lipinski definition) is 2. The topological polar surface area (TPSA) is 30.7 Å². The number of carbonyl (C=O) groups is 1. The third-order valence-electron chi connectivity index (χ3n) is 2.53. The van der Waals surface area contributed by atoms with Gasteiger partial charge in [-0.3, -0.25) is 4.85 Å². The van der Waals surface area contributed by atoms with Gasteiger partial charge in [0.25, 0.3) is 0 Å². The minimum Gasteiger partial charge on any atom is -0.459 e. The van der Waals surface area contributed by atoms with Crippen LogP contribution in [0, 0.1) is 6.57 Å². The molecule has 0 radical (unpaired) electrons. The Kier molecular flexibility index (Phi) is 2.49. The van der Waals surface area contributed by atoms with Gasteiger partial charge in [0, 0.05) is 6.08 Å². The predicted octanol–water partition coefficient (Wildman–Crippen LogP) is 2.30. The normalized spacial score (nSPS) is 21.9. The first-order chi connectivity index (χ1) is 7.74. The number of esters is 1. The van der Waals surface area contributed by atoms with Crippen LogP contribution in [-0.2, 0) is 9.53 Å². The van der Waals surface area contributed by atoms with Crippen molar-refractivity contribution in [2.45, 2.75) is 12.5 Å². The Morgan fingerprint density at radius 2 is 2.12 bits per heavy atom. The van der Waals surface area contributed by atoms with Crippen LogP contribution in [0.4, 0.5) is 0 Å². The van der Waals surface area contributed by atoms with E-state index >= 15 is 0 Å². The Balaban J connectivity index is 2.21. The van der Waals surface area contributed by atoms with Crippen molar-refractivity contribution < 1.29 is 9.53 Å². The molecular formula is C13H11NO2. The molecule has 1 aromatic carbocycles. The van der Waals surface area contributed by atoms with Crippen molar-refractivity contribution in [1.82, 2.24) is 0 Å². The van der Waals surface area contributed by atoms with Gasteiger partial charge in [0.1, 0.15) is 0 Å². The molecule has 80 valence electrons. The van der Waals surface area contributed by atoms with Crippen molar-refractivity contribution in [3.8, 4) is 0 Å². The third kappa shape index (κ3) is 1.49. The summed E-state index contributed by atoms with van der Waals surface area (Å²) >= 11 is 0. The van der Waals surface area contributed by atoms with Gasteiger partial charge in [-0.05, 0) is 12.5 Å². The van der Waals surface area contributed by atoms with E-state index in [1.54, 1.807) is 13.0 Å². The zero-order valence-corrected chi connectivity index (χ0v) is 8.93. The fourth-order valence-corrected chi connectivity index (χ4v) is 1.64. The molecule has 2 rings (SSSR count). The van der Waals surface area contributed by atoms with Crippen LogP contribution in [0.5, 0.6) is 0 Å². The molecule has 0 saturated carbocycles. The summed E-state index contributed by atoms with van der Waals surface area (Å²) in [5, 5.41) is 0. The molecule has 0 unspecified atom stereocenters. The van der Waals surface area contributed by atoms with Gasteiger partial charge >= 0.3 is 11.5 Å². The molecule has 0 saturated heterocycles. The quantitative estimate of drug-likeness (QED) is 0.569. The van der Waals surface area contributed by atoms with Crippen LogP contribution in [0.2, 0.25) is 0 Å². The van der Waals surface area contributed by atoms with Gasteiger partial charge in [-0.25, -0.2) is 11.4 Å². The van der Waals surface area contributed by atoms with E-state index in [4.69, 9.17) is 11.3 Å². The minimum atomic E-state index is -1.16. The summed E-state index contributed by atoms with van der Waals surface area (Å²) in [6, 6.07) is 9.44. The zero-order chi connectivity index (χ0) is 11.6. The predicted molar refractivity (Wildman–Crippen MR) is 60.4 cm³/mol. The first kappa shape index (κ1) is 10.4. The molecular weight excluding hydrogens is 202 g/mol. The van der Waals surface area contributed by atoms with Crippen molar-refractivity contribution >= 4 is 11.5 Å². The van der Waals surface area contributed by atoms with E-state index in [2.05, 4.69) is 4.85 Å². The molecule has 1 atom stereocenters. The van der Waals surface area contributed by atoms with E-state index in [0.717, 1.165) is 11.1 Å². The fourth-order valence-electron chi connectivity index (χ4n) is 1.64. The molecule has 0 bridgehead atoms. The fraction of sp³-hybridized carbons (Fsp3) is 0.231. The van der Waals surface area contributed by atoms with E-state index in [9.17, 15) is 4.79 Å². The molecule has 1 aromatic rings. The summed E-state index contributed by atoms with van der Waals surface area (Å²) in [6.45, 7) is 9.16. The molecule has 0 N–H and O–H groups in total. The average Bonchev–Trinajstić information content (AvgIpc) is 3.06. The van der Waals surface area contributed by atoms with Crippen molar-refractivity contribution in [3.05, 3.63) is 53.4 Å². The second-order valence-corrected chi connectivity index (χ2v) is 3.52. The van der Waals surface area contributed by atoms with Gasteiger partial charge in [0.2, 0.25) is 0 Å². The molecule has 3 heteroatoms. The van der Waals surface area contributed by atoms with E-state index in [-0.39, 0.29) is 0 Å². The maximum absolute atomic E-state index is 11.7. The summed E-state index contributed by atoms with van der Waals surface area (Å²) < 4.78 is 4.91. The summed E-state index contributed by atoms with van der Waals surface area (Å²) in [4.78, 5) is 15.0. The lowest BCUT2D eigenvalue weighted by Gasteiger charge is -2.05. The maximum Gasteiger partial charge on any atom is 0.402 e. The molecule has 0 spiro atoms. The van der Waals surface area contributed by atoms with Gasteiger partial charge in [-0.1, -0.05) is 30.3 Å². The summed E-state index contributed by atoms with van der Waals surface area (Å²) in [5.74, 6) is -0.469. The number of carbonyl (C=O) groups excluding carboxylic acids is 1. The van der Waals surface area contributed by atoms with Crippen LogP contribution < -0.4 is 0 Å². The largest absolute Gasteiger partial charge is 0.459 e. The van der Waals surface area contributed by atoms with Gasteiger partial charge in [0.05, 0.1) is 12.2 Å². The smallest absolute Gasteiger partial charge is 0.402 e. The highest BCUT2D eigenvalue weighted by atomic mass is 16.5. The van der Waals surface area contributed by atoms with E-state index in [0.29, 0.717) is 6.61 Å². The summed E-state index contributed by atoms with van der Waals surface area (Å²) in [7, 11) is 0. The Bertz CT molecular complexity index is 484. The average molecular weight is 213 g/mol. The van der Waals surface area contributed by atoms with E-state index < -0.39 is 11.5 Å². The molecule has 1 aliphatic rings. The summed E-state index contributed by atoms with van der Waals surface area (Å²) in [5.41, 5.74) is 0.505. The monoisotopic (exact) mass is 213 g/mol. The molecule has 0 aromatic heterocycles. The van der Waals surface area contributed by atoms with Gasteiger partial charge in [-0.2, -0.15) is 0 Å². The molecule has 0 aliphatic heterocycles. The minimum absolute atomic E-state index is 0.298. The van der Waals surface area contributed by atoms with Crippen LogP contribution in [0.25, 0.3) is 10.4 Å². The highest BCUT2D eigenvalue weighted by Gasteiger charge is 2.61. The van der Waals surface area contributed by atoms with E-state index in [1.165, 1.54) is 0 Å². The second-order valence-electron chi connectivity index (χ2n) is 3.52. The zero-order valence-electron chi connectivity index (χ0n) is 8.93. The maximum atomic E-state index is 11.7. The van der Waals surface area contributed by atoms with Gasteiger partial charge < -0.3 is 4.74 Å². The number of ether oxygens (including phenoxy) is 1. The highest BCUT2D eigenvalue weighted by molar-refractivity contribution is 6.13. The molecule has 3 nitrogen and oxygen atoms in total. The van der Waals surface area contributed by atoms with Crippen molar-refractivity contribution in [3.63, 3.8) is 0 Å². The van der Waals surface area contributed by atoms with Gasteiger partial charge in [-0.15, -0.1) is 0 Å². The van der Waals surface area contributed by atoms with Crippen LogP contribution in [-0.4, -0.2) is 18.1 Å². The lowest BCUT2D eigenvalue weighted by molar-refractivity contribution is -0.143. The van der Waals surface area contributed by atoms with Crippen LogP contribution in [0.15, 0.2) is 36.4 Å². The Morgan fingerprint density at radius 3 is 2.69 bits per heavy atom. The van der Waals surface area contributed by atoms with Crippen molar-refractivity contribution in [2.24, 2.45) is 0 Å². The third-order valence-corrected chi connectivity index (χ3v) is 2.53. The second kappa shape index (κ2) is 3.82. The van der Waals surface area contributed by atoms with Crippen LogP contribution in [0.1, 0.15) is 12.5 Å². The molecule has 0 amide bonds.